The second-order valence-electron chi connectivity index (χ2n) is 4.95. The zero-order valence-electron chi connectivity index (χ0n) is 13.0. The van der Waals surface area contributed by atoms with Crippen molar-refractivity contribution in [3.63, 3.8) is 0 Å². The molecule has 1 rings (SSSR count). The van der Waals surface area contributed by atoms with Crippen molar-refractivity contribution in [1.29, 1.82) is 5.41 Å². The summed E-state index contributed by atoms with van der Waals surface area (Å²) in [5, 5.41) is 13.5. The number of hydrogen-bond donors (Lipinski definition) is 4. The molecule has 5 heteroatoms. The zero-order valence-corrected chi connectivity index (χ0v) is 13.0. The minimum absolute atomic E-state index is 0.333. The van der Waals surface area contributed by atoms with E-state index in [4.69, 9.17) is 15.3 Å². The molecule has 1 aromatic carbocycles. The SMILES string of the molecule is CC(=O)O.CC(C)c1cccc(C(C)C)c1.N=C(N)N. The monoisotopic (exact) mass is 281 g/mol. The predicted octanol–water partition coefficient (Wildman–Crippen LogP) is 2.86. The smallest absolute Gasteiger partial charge is 0.300 e. The summed E-state index contributed by atoms with van der Waals surface area (Å²) >= 11 is 0. The van der Waals surface area contributed by atoms with Crippen LogP contribution in [0, 0.1) is 5.41 Å². The number of guanidine groups is 1. The third kappa shape index (κ3) is 14.0. The fourth-order valence-corrected chi connectivity index (χ4v) is 1.28. The summed E-state index contributed by atoms with van der Waals surface area (Å²) in [6.45, 7) is 10.0. The molecule has 0 radical (unpaired) electrons. The van der Waals surface area contributed by atoms with Crippen LogP contribution in [-0.2, 0) is 4.79 Å². The average Bonchev–Trinajstić information content (AvgIpc) is 2.27. The van der Waals surface area contributed by atoms with Crippen LogP contribution < -0.4 is 11.5 Å². The molecule has 0 heterocycles. The molecule has 0 saturated heterocycles. The van der Waals surface area contributed by atoms with Crippen molar-refractivity contribution in [2.75, 3.05) is 0 Å². The van der Waals surface area contributed by atoms with Crippen LogP contribution in [0.1, 0.15) is 57.6 Å². The van der Waals surface area contributed by atoms with Crippen LogP contribution in [-0.4, -0.2) is 17.0 Å². The summed E-state index contributed by atoms with van der Waals surface area (Å²) in [6.07, 6.45) is 0. The van der Waals surface area contributed by atoms with Crippen LogP contribution in [0.5, 0.6) is 0 Å². The highest BCUT2D eigenvalue weighted by molar-refractivity contribution is 5.71. The molecule has 114 valence electrons. The van der Waals surface area contributed by atoms with Crippen LogP contribution in [0.15, 0.2) is 24.3 Å². The van der Waals surface area contributed by atoms with E-state index < -0.39 is 5.97 Å². The van der Waals surface area contributed by atoms with E-state index in [9.17, 15) is 0 Å². The molecule has 20 heavy (non-hydrogen) atoms. The summed E-state index contributed by atoms with van der Waals surface area (Å²) in [7, 11) is 0. The molecule has 1 aromatic rings. The van der Waals surface area contributed by atoms with Gasteiger partial charge in [-0.1, -0.05) is 52.0 Å². The van der Waals surface area contributed by atoms with Gasteiger partial charge in [-0.05, 0) is 23.0 Å². The van der Waals surface area contributed by atoms with E-state index in [0.29, 0.717) is 11.8 Å². The number of aliphatic carboxylic acids is 1. The van der Waals surface area contributed by atoms with Crippen LogP contribution >= 0.6 is 0 Å². The number of benzene rings is 1. The lowest BCUT2D eigenvalue weighted by atomic mass is 9.96. The highest BCUT2D eigenvalue weighted by atomic mass is 16.4. The highest BCUT2D eigenvalue weighted by Crippen LogP contribution is 2.20. The lowest BCUT2D eigenvalue weighted by Gasteiger charge is -2.09. The number of carboxylic acid groups (broad SMARTS) is 1. The van der Waals surface area contributed by atoms with Crippen molar-refractivity contribution in [1.82, 2.24) is 0 Å². The van der Waals surface area contributed by atoms with E-state index in [-0.39, 0.29) is 5.96 Å². The standard InChI is InChI=1S/C12H18.C2H4O2.CH5N3/c1-9(2)11-6-5-7-12(8-11)10(3)4;1-2(3)4;2-1(3)4/h5-10H,1-4H3;1H3,(H,3,4);(H5,2,3,4). The first-order chi connectivity index (χ1) is 9.07. The first-order valence-electron chi connectivity index (χ1n) is 6.46. The van der Waals surface area contributed by atoms with Gasteiger partial charge in [0.25, 0.3) is 5.97 Å². The Labute approximate surface area is 121 Å². The molecule has 0 aliphatic heterocycles. The maximum Gasteiger partial charge on any atom is 0.300 e. The Kier molecular flexibility index (Phi) is 11.0. The second-order valence-corrected chi connectivity index (χ2v) is 4.95. The molecular weight excluding hydrogens is 254 g/mol. The topological polar surface area (TPSA) is 113 Å². The number of carbonyl (C=O) groups is 1. The van der Waals surface area contributed by atoms with Gasteiger partial charge in [-0.15, -0.1) is 0 Å². The molecule has 0 spiro atoms. The van der Waals surface area contributed by atoms with Gasteiger partial charge in [0.1, 0.15) is 0 Å². The Bertz CT molecular complexity index is 372. The lowest BCUT2D eigenvalue weighted by Crippen LogP contribution is -2.20. The minimum Gasteiger partial charge on any atom is -0.481 e. The normalized spacial score (nSPS) is 9.15. The van der Waals surface area contributed by atoms with Crippen LogP contribution in [0.4, 0.5) is 0 Å². The quantitative estimate of drug-likeness (QED) is 0.493. The van der Waals surface area contributed by atoms with Crippen molar-refractivity contribution in [3.05, 3.63) is 35.4 Å². The van der Waals surface area contributed by atoms with Crippen molar-refractivity contribution < 1.29 is 9.90 Å². The number of nitrogens with two attached hydrogens (primary N) is 2. The minimum atomic E-state index is -0.833. The fourth-order valence-electron chi connectivity index (χ4n) is 1.28. The van der Waals surface area contributed by atoms with E-state index in [0.717, 1.165) is 6.92 Å². The Hall–Kier alpha value is -2.04. The Morgan fingerprint density at radius 2 is 1.35 bits per heavy atom. The third-order valence-electron chi connectivity index (χ3n) is 2.24. The Morgan fingerprint density at radius 3 is 1.55 bits per heavy atom. The first-order valence-corrected chi connectivity index (χ1v) is 6.46. The Balaban J connectivity index is 0. The summed E-state index contributed by atoms with van der Waals surface area (Å²) in [6, 6.07) is 8.88. The van der Waals surface area contributed by atoms with Crippen molar-refractivity contribution in [2.45, 2.75) is 46.5 Å². The highest BCUT2D eigenvalue weighted by Gasteiger charge is 2.02. The first kappa shape index (κ1) is 20.3. The predicted molar refractivity (Wildman–Crippen MR) is 84.0 cm³/mol. The van der Waals surface area contributed by atoms with Gasteiger partial charge < -0.3 is 16.6 Å². The second kappa shape index (κ2) is 10.8. The van der Waals surface area contributed by atoms with Gasteiger partial charge in [0.2, 0.25) is 0 Å². The third-order valence-corrected chi connectivity index (χ3v) is 2.24. The van der Waals surface area contributed by atoms with Gasteiger partial charge in [0, 0.05) is 6.92 Å². The molecule has 0 atom stereocenters. The van der Waals surface area contributed by atoms with E-state index >= 15 is 0 Å². The van der Waals surface area contributed by atoms with Gasteiger partial charge in [-0.25, -0.2) is 0 Å². The van der Waals surface area contributed by atoms with E-state index in [1.165, 1.54) is 11.1 Å². The van der Waals surface area contributed by atoms with Gasteiger partial charge in [-0.2, -0.15) is 0 Å². The fraction of sp³-hybridized carbons (Fsp3) is 0.467. The van der Waals surface area contributed by atoms with E-state index in [1.807, 2.05) is 0 Å². The number of rotatable bonds is 2. The van der Waals surface area contributed by atoms with Crippen LogP contribution in [0.2, 0.25) is 0 Å². The van der Waals surface area contributed by atoms with Gasteiger partial charge >= 0.3 is 0 Å². The van der Waals surface area contributed by atoms with Crippen molar-refractivity contribution in [2.24, 2.45) is 11.5 Å². The molecule has 5 nitrogen and oxygen atoms in total. The molecule has 0 amide bonds. The molecule has 0 aliphatic carbocycles. The molecule has 0 aliphatic rings. The molecule has 0 bridgehead atoms. The molecule has 0 aromatic heterocycles. The number of carboxylic acids is 1. The van der Waals surface area contributed by atoms with E-state index in [1.54, 1.807) is 0 Å². The summed E-state index contributed by atoms with van der Waals surface area (Å²) in [4.78, 5) is 9.00. The van der Waals surface area contributed by atoms with Gasteiger partial charge in [0.05, 0.1) is 0 Å². The molecule has 6 N–H and O–H groups in total. The van der Waals surface area contributed by atoms with E-state index in [2.05, 4.69) is 63.4 Å². The molecular formula is C15H27N3O2. The summed E-state index contributed by atoms with van der Waals surface area (Å²) in [5.74, 6) is 0.118. The van der Waals surface area contributed by atoms with Gasteiger partial charge in [-0.3, -0.25) is 10.2 Å². The Morgan fingerprint density at radius 1 is 1.10 bits per heavy atom. The molecule has 0 saturated carbocycles. The number of nitrogens with one attached hydrogen (secondary N) is 1. The summed E-state index contributed by atoms with van der Waals surface area (Å²) < 4.78 is 0. The maximum atomic E-state index is 9.00. The molecule has 0 fully saturated rings. The van der Waals surface area contributed by atoms with Crippen LogP contribution in [0.3, 0.4) is 0 Å². The van der Waals surface area contributed by atoms with Crippen molar-refractivity contribution in [3.8, 4) is 0 Å². The van der Waals surface area contributed by atoms with Crippen LogP contribution in [0.25, 0.3) is 0 Å². The summed E-state index contributed by atoms with van der Waals surface area (Å²) in [5.41, 5.74) is 11.8. The largest absolute Gasteiger partial charge is 0.481 e. The lowest BCUT2D eigenvalue weighted by molar-refractivity contribution is -0.134. The number of hydrogen-bond acceptors (Lipinski definition) is 2. The average molecular weight is 281 g/mol. The maximum absolute atomic E-state index is 9.00. The molecule has 0 unspecified atom stereocenters. The van der Waals surface area contributed by atoms with Gasteiger partial charge in [0.15, 0.2) is 5.96 Å². The zero-order chi connectivity index (χ0) is 16.3. The van der Waals surface area contributed by atoms with Crippen molar-refractivity contribution >= 4 is 11.9 Å².